The van der Waals surface area contributed by atoms with Crippen LogP contribution in [0, 0.1) is 17.3 Å². The third-order valence-electron chi connectivity index (χ3n) is 4.91. The highest BCUT2D eigenvalue weighted by atomic mass is 79.9. The Morgan fingerprint density at radius 3 is 2.29 bits per heavy atom. The lowest BCUT2D eigenvalue weighted by Gasteiger charge is -2.29. The highest BCUT2D eigenvalue weighted by Gasteiger charge is 2.26. The van der Waals surface area contributed by atoms with Gasteiger partial charge in [-0.3, -0.25) is 4.99 Å². The Hall–Kier alpha value is -1.85. The Morgan fingerprint density at radius 2 is 1.64 bits per heavy atom. The fourth-order valence-corrected chi connectivity index (χ4v) is 4.80. The van der Waals surface area contributed by atoms with Crippen LogP contribution in [0.1, 0.15) is 69.7 Å². The first-order valence-electron chi connectivity index (χ1n) is 10.1. The lowest BCUT2D eigenvalue weighted by atomic mass is 9.82. The molecule has 0 radical (unpaired) electrons. The number of hydrogen-bond acceptors (Lipinski definition) is 1. The first-order chi connectivity index (χ1) is 13.1. The van der Waals surface area contributed by atoms with Crippen molar-refractivity contribution in [3.05, 3.63) is 69.2 Å². The Labute approximate surface area is 178 Å². The number of benzene rings is 2. The molecule has 0 unspecified atom stereocenters. The van der Waals surface area contributed by atoms with Gasteiger partial charge >= 0.3 is 0 Å². The van der Waals surface area contributed by atoms with Gasteiger partial charge in [0.05, 0.1) is 5.54 Å². The first kappa shape index (κ1) is 20.9. The summed E-state index contributed by atoms with van der Waals surface area (Å²) in [6.07, 6.45) is 4.56. The quantitative estimate of drug-likeness (QED) is 0.363. The van der Waals surface area contributed by atoms with Gasteiger partial charge in [0.1, 0.15) is 5.71 Å². The molecule has 0 aromatic heterocycles. The van der Waals surface area contributed by atoms with E-state index < -0.39 is 0 Å². The fourth-order valence-electron chi connectivity index (χ4n) is 4.22. The van der Waals surface area contributed by atoms with Crippen LogP contribution < -0.4 is 0 Å². The summed E-state index contributed by atoms with van der Waals surface area (Å²) in [7, 11) is 0. The second-order valence-electron chi connectivity index (χ2n) is 9.58. The summed E-state index contributed by atoms with van der Waals surface area (Å²) in [5.74, 6) is 6.72. The van der Waals surface area contributed by atoms with E-state index in [9.17, 15) is 0 Å². The first-order valence-corrected chi connectivity index (χ1v) is 10.9. The highest BCUT2D eigenvalue weighted by molar-refractivity contribution is 9.10. The van der Waals surface area contributed by atoms with E-state index in [-0.39, 0.29) is 11.0 Å². The number of aryl methyl sites for hydroxylation is 2. The highest BCUT2D eigenvalue weighted by Crippen LogP contribution is 2.32. The summed E-state index contributed by atoms with van der Waals surface area (Å²) in [4.78, 5) is 5.18. The largest absolute Gasteiger partial charge is 0.270 e. The summed E-state index contributed by atoms with van der Waals surface area (Å²) in [6, 6.07) is 14.7. The van der Waals surface area contributed by atoms with Gasteiger partial charge in [0.25, 0.3) is 0 Å². The molecule has 28 heavy (non-hydrogen) atoms. The van der Waals surface area contributed by atoms with E-state index >= 15 is 0 Å². The van der Waals surface area contributed by atoms with Gasteiger partial charge in [0, 0.05) is 15.6 Å². The van der Waals surface area contributed by atoms with E-state index in [0.29, 0.717) is 0 Å². The molecule has 146 valence electrons. The number of rotatable bonds is 3. The van der Waals surface area contributed by atoms with Gasteiger partial charge in [0.15, 0.2) is 0 Å². The average molecular weight is 436 g/mol. The third kappa shape index (κ3) is 5.58. The molecule has 0 bridgehead atoms. The Morgan fingerprint density at radius 1 is 1.00 bits per heavy atom. The maximum absolute atomic E-state index is 5.18. The number of aliphatic imine (C=N–C) groups is 1. The summed E-state index contributed by atoms with van der Waals surface area (Å²) in [5, 5.41) is 0. The van der Waals surface area contributed by atoms with E-state index in [1.54, 1.807) is 0 Å². The van der Waals surface area contributed by atoms with Crippen LogP contribution in [0.2, 0.25) is 0 Å². The van der Waals surface area contributed by atoms with Crippen LogP contribution in [0.15, 0.2) is 51.9 Å². The minimum atomic E-state index is -0.183. The van der Waals surface area contributed by atoms with Crippen LogP contribution in [-0.4, -0.2) is 11.3 Å². The lowest BCUT2D eigenvalue weighted by Crippen LogP contribution is -2.26. The van der Waals surface area contributed by atoms with E-state index in [0.717, 1.165) is 34.2 Å². The maximum Gasteiger partial charge on any atom is 0.116 e. The predicted octanol–water partition coefficient (Wildman–Crippen LogP) is 6.99. The molecule has 2 aromatic carbocycles. The van der Waals surface area contributed by atoms with Crippen molar-refractivity contribution >= 4 is 21.6 Å². The molecule has 2 heteroatoms. The molecule has 1 aliphatic rings. The SMILES string of the molecule is CC(C)(C)CC(C)(C)N=C(C#Cc1ccccc1)c1cc2c(cc1Br)CCC2. The third-order valence-corrected chi connectivity index (χ3v) is 5.57. The van der Waals surface area contributed by atoms with E-state index in [4.69, 9.17) is 4.99 Å². The van der Waals surface area contributed by atoms with Crippen LogP contribution in [-0.2, 0) is 12.8 Å². The second-order valence-corrected chi connectivity index (χ2v) is 10.4. The molecule has 0 aliphatic heterocycles. The van der Waals surface area contributed by atoms with Crippen molar-refractivity contribution in [3.8, 4) is 11.8 Å². The van der Waals surface area contributed by atoms with Crippen LogP contribution >= 0.6 is 15.9 Å². The van der Waals surface area contributed by atoms with Crippen molar-refractivity contribution in [2.75, 3.05) is 0 Å². The topological polar surface area (TPSA) is 12.4 Å². The molecule has 2 aromatic rings. The van der Waals surface area contributed by atoms with Gasteiger partial charge in [-0.05, 0) is 86.3 Å². The van der Waals surface area contributed by atoms with E-state index in [1.807, 2.05) is 30.3 Å². The number of fused-ring (bicyclic) bond motifs is 1. The molecule has 0 amide bonds. The summed E-state index contributed by atoms with van der Waals surface area (Å²) in [5.41, 5.74) is 5.94. The van der Waals surface area contributed by atoms with Crippen molar-refractivity contribution in [2.45, 2.75) is 65.8 Å². The van der Waals surface area contributed by atoms with Crippen molar-refractivity contribution in [3.63, 3.8) is 0 Å². The van der Waals surface area contributed by atoms with Crippen molar-refractivity contribution < 1.29 is 0 Å². The Bertz CT molecular complexity index is 934. The fraction of sp³-hybridized carbons (Fsp3) is 0.423. The molecule has 0 spiro atoms. The van der Waals surface area contributed by atoms with Crippen LogP contribution in [0.4, 0.5) is 0 Å². The van der Waals surface area contributed by atoms with Gasteiger partial charge in [-0.15, -0.1) is 0 Å². The normalized spacial score (nSPS) is 14.4. The van der Waals surface area contributed by atoms with Gasteiger partial charge in [-0.25, -0.2) is 0 Å². The van der Waals surface area contributed by atoms with Gasteiger partial charge in [0.2, 0.25) is 0 Å². The zero-order valence-corrected chi connectivity index (χ0v) is 19.3. The van der Waals surface area contributed by atoms with Crippen LogP contribution in [0.25, 0.3) is 0 Å². The predicted molar refractivity (Wildman–Crippen MR) is 124 cm³/mol. The van der Waals surface area contributed by atoms with Gasteiger partial charge < -0.3 is 0 Å². The molecule has 1 nitrogen and oxygen atoms in total. The molecule has 3 rings (SSSR count). The average Bonchev–Trinajstić information content (AvgIpc) is 3.04. The zero-order chi connectivity index (χ0) is 20.4. The summed E-state index contributed by atoms with van der Waals surface area (Å²) >= 11 is 3.80. The summed E-state index contributed by atoms with van der Waals surface area (Å²) in [6.45, 7) is 11.2. The zero-order valence-electron chi connectivity index (χ0n) is 17.7. The number of hydrogen-bond donors (Lipinski definition) is 0. The molecule has 0 heterocycles. The minimum Gasteiger partial charge on any atom is -0.270 e. The van der Waals surface area contributed by atoms with E-state index in [1.165, 1.54) is 24.0 Å². The molecule has 0 saturated carbocycles. The second kappa shape index (κ2) is 8.26. The molecule has 0 fully saturated rings. The molecule has 0 saturated heterocycles. The van der Waals surface area contributed by atoms with Gasteiger partial charge in [-0.1, -0.05) is 60.8 Å². The lowest BCUT2D eigenvalue weighted by molar-refractivity contribution is 0.288. The molecular weight excluding hydrogens is 406 g/mol. The summed E-state index contributed by atoms with van der Waals surface area (Å²) < 4.78 is 1.10. The molecule has 0 N–H and O–H groups in total. The number of nitrogens with zero attached hydrogens (tertiary/aromatic N) is 1. The maximum atomic E-state index is 5.18. The molecular formula is C26H30BrN. The molecule has 1 aliphatic carbocycles. The van der Waals surface area contributed by atoms with Crippen molar-refractivity contribution in [2.24, 2.45) is 10.4 Å². The minimum absolute atomic E-state index is 0.183. The standard InChI is InChI=1S/C26H30BrN/c1-25(2,3)18-26(4,5)28-24(15-14-19-10-7-6-8-11-19)22-16-20-12-9-13-21(20)17-23(22)27/h6-8,10-11,16-17H,9,12-13,18H2,1-5H3. The smallest absolute Gasteiger partial charge is 0.116 e. The Kier molecular flexibility index (Phi) is 6.15. The van der Waals surface area contributed by atoms with E-state index in [2.05, 4.69) is 74.5 Å². The number of halogens is 1. The Balaban J connectivity index is 2.08. The van der Waals surface area contributed by atoms with Crippen molar-refractivity contribution in [1.82, 2.24) is 0 Å². The monoisotopic (exact) mass is 435 g/mol. The van der Waals surface area contributed by atoms with Crippen LogP contribution in [0.5, 0.6) is 0 Å². The molecule has 0 atom stereocenters. The van der Waals surface area contributed by atoms with Crippen molar-refractivity contribution in [1.29, 1.82) is 0 Å². The van der Waals surface area contributed by atoms with Gasteiger partial charge in [-0.2, -0.15) is 0 Å². The van der Waals surface area contributed by atoms with Crippen LogP contribution in [0.3, 0.4) is 0 Å².